The van der Waals surface area contributed by atoms with Gasteiger partial charge >= 0.3 is 0 Å². The fourth-order valence-electron chi connectivity index (χ4n) is 1.12. The van der Waals surface area contributed by atoms with Gasteiger partial charge in [0.15, 0.2) is 0 Å². The second-order valence-electron chi connectivity index (χ2n) is 2.99. The monoisotopic (exact) mass is 219 g/mol. The number of hydrogen-bond acceptors (Lipinski definition) is 4. The van der Waals surface area contributed by atoms with Crippen LogP contribution in [-0.2, 0) is 0 Å². The van der Waals surface area contributed by atoms with Crippen molar-refractivity contribution in [3.63, 3.8) is 0 Å². The Kier molecular flexibility index (Phi) is 2.73. The Bertz CT molecular complexity index is 467. The lowest BCUT2D eigenvalue weighted by Gasteiger charge is -2.02. The van der Waals surface area contributed by atoms with Crippen LogP contribution in [0.15, 0.2) is 29.1 Å². The second-order valence-corrected chi connectivity index (χ2v) is 3.71. The standard InChI is InChI=1S/C10H9N3OS/c1-7-3-2-4-9(12-7)13-10(14)8-5-15-6-11-8/h2-6H,1H3,(H,12,13,14). The van der Waals surface area contributed by atoms with E-state index in [0.717, 1.165) is 5.69 Å². The van der Waals surface area contributed by atoms with E-state index >= 15 is 0 Å². The Morgan fingerprint density at radius 2 is 2.33 bits per heavy atom. The Labute approximate surface area is 91.0 Å². The number of hydrogen-bond donors (Lipinski definition) is 1. The molecule has 1 N–H and O–H groups in total. The van der Waals surface area contributed by atoms with Gasteiger partial charge in [0.1, 0.15) is 11.5 Å². The lowest BCUT2D eigenvalue weighted by atomic mass is 10.3. The number of rotatable bonds is 2. The molecule has 5 heteroatoms. The number of pyridine rings is 1. The number of thiazole rings is 1. The van der Waals surface area contributed by atoms with Gasteiger partial charge in [-0.05, 0) is 19.1 Å². The van der Waals surface area contributed by atoms with E-state index in [4.69, 9.17) is 0 Å². The van der Waals surface area contributed by atoms with Crippen molar-refractivity contribution in [3.05, 3.63) is 40.5 Å². The third kappa shape index (κ3) is 2.38. The molecular weight excluding hydrogens is 210 g/mol. The number of aryl methyl sites for hydroxylation is 1. The largest absolute Gasteiger partial charge is 0.305 e. The van der Waals surface area contributed by atoms with Gasteiger partial charge in [-0.1, -0.05) is 6.07 Å². The molecule has 76 valence electrons. The van der Waals surface area contributed by atoms with Crippen molar-refractivity contribution in [1.29, 1.82) is 0 Å². The van der Waals surface area contributed by atoms with E-state index in [-0.39, 0.29) is 5.91 Å². The molecule has 0 fully saturated rings. The highest BCUT2D eigenvalue weighted by atomic mass is 32.1. The topological polar surface area (TPSA) is 54.9 Å². The lowest BCUT2D eigenvalue weighted by Crippen LogP contribution is -2.13. The molecule has 0 saturated carbocycles. The SMILES string of the molecule is Cc1cccc(NC(=O)c2cscn2)n1. The molecule has 4 nitrogen and oxygen atoms in total. The number of anilines is 1. The Morgan fingerprint density at radius 1 is 1.47 bits per heavy atom. The summed E-state index contributed by atoms with van der Waals surface area (Å²) in [7, 11) is 0. The number of amides is 1. The predicted octanol–water partition coefficient (Wildman–Crippen LogP) is 2.10. The predicted molar refractivity (Wildman–Crippen MR) is 59.0 cm³/mol. The molecular formula is C10H9N3OS. The van der Waals surface area contributed by atoms with Crippen molar-refractivity contribution in [3.8, 4) is 0 Å². The minimum Gasteiger partial charge on any atom is -0.305 e. The quantitative estimate of drug-likeness (QED) is 0.841. The number of carbonyl (C=O) groups excluding carboxylic acids is 1. The number of carbonyl (C=O) groups is 1. The van der Waals surface area contributed by atoms with Gasteiger partial charge in [-0.25, -0.2) is 9.97 Å². The van der Waals surface area contributed by atoms with Gasteiger partial charge in [-0.2, -0.15) is 0 Å². The zero-order chi connectivity index (χ0) is 10.7. The summed E-state index contributed by atoms with van der Waals surface area (Å²) in [6.45, 7) is 1.87. The smallest absolute Gasteiger partial charge is 0.276 e. The zero-order valence-corrected chi connectivity index (χ0v) is 8.91. The molecule has 0 radical (unpaired) electrons. The maximum Gasteiger partial charge on any atom is 0.276 e. The summed E-state index contributed by atoms with van der Waals surface area (Å²) in [4.78, 5) is 19.7. The molecule has 0 aliphatic carbocycles. The van der Waals surface area contributed by atoms with E-state index in [2.05, 4.69) is 15.3 Å². The first-order chi connectivity index (χ1) is 7.25. The van der Waals surface area contributed by atoms with Gasteiger partial charge in [0.2, 0.25) is 0 Å². The maximum absolute atomic E-state index is 11.6. The molecule has 2 aromatic heterocycles. The molecule has 0 aliphatic heterocycles. The molecule has 0 saturated heterocycles. The number of aromatic nitrogens is 2. The Morgan fingerprint density at radius 3 is 3.00 bits per heavy atom. The fraction of sp³-hybridized carbons (Fsp3) is 0.100. The van der Waals surface area contributed by atoms with Crippen LogP contribution in [0, 0.1) is 6.92 Å². The van der Waals surface area contributed by atoms with Crippen LogP contribution in [0.25, 0.3) is 0 Å². The third-order valence-corrected chi connectivity index (χ3v) is 2.38. The molecule has 2 heterocycles. The third-order valence-electron chi connectivity index (χ3n) is 1.79. The molecule has 0 bridgehead atoms. The molecule has 0 aromatic carbocycles. The molecule has 0 spiro atoms. The summed E-state index contributed by atoms with van der Waals surface area (Å²) in [5.41, 5.74) is 2.91. The minimum atomic E-state index is -0.227. The van der Waals surface area contributed by atoms with Crippen LogP contribution in [0.2, 0.25) is 0 Å². The van der Waals surface area contributed by atoms with E-state index in [1.165, 1.54) is 11.3 Å². The Balaban J connectivity index is 2.13. The molecule has 1 amide bonds. The van der Waals surface area contributed by atoms with Gasteiger partial charge in [0.25, 0.3) is 5.91 Å². The molecule has 0 atom stereocenters. The van der Waals surface area contributed by atoms with Gasteiger partial charge in [0, 0.05) is 11.1 Å². The van der Waals surface area contributed by atoms with Crippen molar-refractivity contribution in [1.82, 2.24) is 9.97 Å². The van der Waals surface area contributed by atoms with E-state index in [9.17, 15) is 4.79 Å². The number of nitrogens with one attached hydrogen (secondary N) is 1. The van der Waals surface area contributed by atoms with Gasteiger partial charge < -0.3 is 5.32 Å². The molecule has 0 aliphatic rings. The first-order valence-corrected chi connectivity index (χ1v) is 5.33. The molecule has 15 heavy (non-hydrogen) atoms. The van der Waals surface area contributed by atoms with Crippen LogP contribution in [0.3, 0.4) is 0 Å². The lowest BCUT2D eigenvalue weighted by molar-refractivity contribution is 0.102. The summed E-state index contributed by atoms with van der Waals surface area (Å²) < 4.78 is 0. The molecule has 0 unspecified atom stereocenters. The summed E-state index contributed by atoms with van der Waals surface area (Å²) in [5.74, 6) is 0.322. The first kappa shape index (κ1) is 9.79. The van der Waals surface area contributed by atoms with Crippen molar-refractivity contribution < 1.29 is 4.79 Å². The molecule has 2 aromatic rings. The average Bonchev–Trinajstić information content (AvgIpc) is 2.70. The second kappa shape index (κ2) is 4.18. The normalized spacial score (nSPS) is 9.93. The van der Waals surface area contributed by atoms with E-state index in [1.807, 2.05) is 19.1 Å². The summed E-state index contributed by atoms with van der Waals surface area (Å²) in [6, 6.07) is 5.47. The highest BCUT2D eigenvalue weighted by Gasteiger charge is 2.07. The summed E-state index contributed by atoms with van der Waals surface area (Å²) in [5, 5.41) is 4.38. The highest BCUT2D eigenvalue weighted by molar-refractivity contribution is 7.07. The summed E-state index contributed by atoms with van der Waals surface area (Å²) >= 11 is 1.39. The fourth-order valence-corrected chi connectivity index (χ4v) is 1.65. The van der Waals surface area contributed by atoms with Crippen LogP contribution in [0.4, 0.5) is 5.82 Å². The number of nitrogens with zero attached hydrogens (tertiary/aromatic N) is 2. The van der Waals surface area contributed by atoms with Gasteiger partial charge in [0.05, 0.1) is 5.51 Å². The van der Waals surface area contributed by atoms with Crippen LogP contribution in [0.5, 0.6) is 0 Å². The highest BCUT2D eigenvalue weighted by Crippen LogP contribution is 2.07. The van der Waals surface area contributed by atoms with Gasteiger partial charge in [-0.3, -0.25) is 4.79 Å². The van der Waals surface area contributed by atoms with E-state index in [1.54, 1.807) is 17.0 Å². The zero-order valence-electron chi connectivity index (χ0n) is 8.10. The first-order valence-electron chi connectivity index (χ1n) is 4.39. The van der Waals surface area contributed by atoms with Crippen LogP contribution >= 0.6 is 11.3 Å². The van der Waals surface area contributed by atoms with Crippen molar-refractivity contribution in [2.75, 3.05) is 5.32 Å². The van der Waals surface area contributed by atoms with Crippen molar-refractivity contribution in [2.24, 2.45) is 0 Å². The van der Waals surface area contributed by atoms with Crippen molar-refractivity contribution in [2.45, 2.75) is 6.92 Å². The van der Waals surface area contributed by atoms with Crippen molar-refractivity contribution >= 4 is 23.1 Å². The van der Waals surface area contributed by atoms with Gasteiger partial charge in [-0.15, -0.1) is 11.3 Å². The average molecular weight is 219 g/mol. The van der Waals surface area contributed by atoms with Crippen LogP contribution in [-0.4, -0.2) is 15.9 Å². The summed E-state index contributed by atoms with van der Waals surface area (Å²) in [6.07, 6.45) is 0. The van der Waals surface area contributed by atoms with Crippen LogP contribution < -0.4 is 5.32 Å². The van der Waals surface area contributed by atoms with E-state index < -0.39 is 0 Å². The minimum absolute atomic E-state index is 0.227. The Hall–Kier alpha value is -1.75. The maximum atomic E-state index is 11.6. The van der Waals surface area contributed by atoms with Crippen LogP contribution in [0.1, 0.15) is 16.2 Å². The molecule has 2 rings (SSSR count). The van der Waals surface area contributed by atoms with E-state index in [0.29, 0.717) is 11.5 Å².